The van der Waals surface area contributed by atoms with E-state index in [4.69, 9.17) is 5.73 Å². The monoisotopic (exact) mass is 330 g/mol. The standard InChI is InChI=1S/C20H30N2O2/c21-19(23)17-11-13-18(14-12-17)20(24)22-15-9-7-5-3-1-2-4-6-8-10-16-22/h11-14H,1-10,15-16H2,(H2,21,23). The van der Waals surface area contributed by atoms with Crippen LogP contribution in [0.4, 0.5) is 0 Å². The smallest absolute Gasteiger partial charge is 0.253 e. The number of primary amides is 1. The third kappa shape index (κ3) is 5.99. The molecule has 1 aromatic carbocycles. The van der Waals surface area contributed by atoms with Crippen LogP contribution < -0.4 is 5.73 Å². The van der Waals surface area contributed by atoms with Gasteiger partial charge in [0.05, 0.1) is 0 Å². The lowest BCUT2D eigenvalue weighted by molar-refractivity contribution is 0.0749. The Morgan fingerprint density at radius 2 is 1.04 bits per heavy atom. The predicted molar refractivity (Wildman–Crippen MR) is 97.0 cm³/mol. The Kier molecular flexibility index (Phi) is 7.80. The molecule has 0 bridgehead atoms. The van der Waals surface area contributed by atoms with Gasteiger partial charge < -0.3 is 10.6 Å². The van der Waals surface area contributed by atoms with E-state index in [1.807, 2.05) is 4.90 Å². The van der Waals surface area contributed by atoms with Crippen LogP contribution in [0.1, 0.15) is 84.9 Å². The van der Waals surface area contributed by atoms with Crippen molar-refractivity contribution < 1.29 is 9.59 Å². The van der Waals surface area contributed by atoms with Crippen LogP contribution in [-0.2, 0) is 0 Å². The zero-order valence-electron chi connectivity index (χ0n) is 14.6. The quantitative estimate of drug-likeness (QED) is 0.885. The lowest BCUT2D eigenvalue weighted by Crippen LogP contribution is -2.33. The van der Waals surface area contributed by atoms with Crippen molar-refractivity contribution in [2.75, 3.05) is 13.1 Å². The molecule has 2 amide bonds. The van der Waals surface area contributed by atoms with Gasteiger partial charge in [-0.3, -0.25) is 9.59 Å². The van der Waals surface area contributed by atoms with E-state index in [1.54, 1.807) is 24.3 Å². The number of benzene rings is 1. The van der Waals surface area contributed by atoms with Gasteiger partial charge in [-0.15, -0.1) is 0 Å². The SMILES string of the molecule is NC(=O)c1ccc(C(=O)N2CCCCCCCCCCCC2)cc1. The van der Waals surface area contributed by atoms with Gasteiger partial charge in [0.2, 0.25) is 5.91 Å². The van der Waals surface area contributed by atoms with Crippen molar-refractivity contribution in [3.05, 3.63) is 35.4 Å². The van der Waals surface area contributed by atoms with Gasteiger partial charge >= 0.3 is 0 Å². The maximum absolute atomic E-state index is 12.8. The van der Waals surface area contributed by atoms with Gasteiger partial charge in [-0.25, -0.2) is 0 Å². The van der Waals surface area contributed by atoms with E-state index < -0.39 is 5.91 Å². The number of hydrogen-bond acceptors (Lipinski definition) is 2. The zero-order chi connectivity index (χ0) is 17.2. The van der Waals surface area contributed by atoms with Crippen molar-refractivity contribution in [2.24, 2.45) is 5.73 Å². The zero-order valence-corrected chi connectivity index (χ0v) is 14.6. The summed E-state index contributed by atoms with van der Waals surface area (Å²) in [5.41, 5.74) is 6.34. The Morgan fingerprint density at radius 3 is 1.46 bits per heavy atom. The molecule has 2 N–H and O–H groups in total. The van der Waals surface area contributed by atoms with E-state index in [0.717, 1.165) is 25.9 Å². The van der Waals surface area contributed by atoms with Gasteiger partial charge in [-0.05, 0) is 37.1 Å². The topological polar surface area (TPSA) is 63.4 Å². The summed E-state index contributed by atoms with van der Waals surface area (Å²) in [6.45, 7) is 1.66. The summed E-state index contributed by atoms with van der Waals surface area (Å²) in [6, 6.07) is 6.69. The first-order valence-corrected chi connectivity index (χ1v) is 9.37. The fraction of sp³-hybridized carbons (Fsp3) is 0.600. The number of amides is 2. The molecule has 1 saturated heterocycles. The fourth-order valence-electron chi connectivity index (χ4n) is 3.29. The first kappa shape index (κ1) is 18.5. The second-order valence-electron chi connectivity index (χ2n) is 6.77. The van der Waals surface area contributed by atoms with Crippen molar-refractivity contribution in [1.29, 1.82) is 0 Å². The van der Waals surface area contributed by atoms with Crippen molar-refractivity contribution in [3.63, 3.8) is 0 Å². The highest BCUT2D eigenvalue weighted by atomic mass is 16.2. The van der Waals surface area contributed by atoms with Gasteiger partial charge in [0.1, 0.15) is 0 Å². The summed E-state index contributed by atoms with van der Waals surface area (Å²) in [7, 11) is 0. The molecule has 1 heterocycles. The normalized spacial score (nSPS) is 18.1. The Balaban J connectivity index is 1.98. The molecular formula is C20H30N2O2. The molecule has 132 valence electrons. The van der Waals surface area contributed by atoms with E-state index in [9.17, 15) is 9.59 Å². The summed E-state index contributed by atoms with van der Waals surface area (Å²) >= 11 is 0. The highest BCUT2D eigenvalue weighted by molar-refractivity contribution is 5.97. The minimum absolute atomic E-state index is 0.0703. The molecule has 1 aliphatic rings. The first-order valence-electron chi connectivity index (χ1n) is 9.37. The molecule has 1 fully saturated rings. The molecule has 0 aliphatic carbocycles. The molecule has 4 nitrogen and oxygen atoms in total. The van der Waals surface area contributed by atoms with Gasteiger partial charge in [0, 0.05) is 24.2 Å². The van der Waals surface area contributed by atoms with Crippen molar-refractivity contribution >= 4 is 11.8 Å². The van der Waals surface area contributed by atoms with Gasteiger partial charge in [-0.1, -0.05) is 51.4 Å². The Morgan fingerprint density at radius 1 is 0.667 bits per heavy atom. The van der Waals surface area contributed by atoms with Crippen molar-refractivity contribution in [3.8, 4) is 0 Å². The van der Waals surface area contributed by atoms with Crippen LogP contribution in [-0.4, -0.2) is 29.8 Å². The number of hydrogen-bond donors (Lipinski definition) is 1. The summed E-state index contributed by atoms with van der Waals surface area (Å²) < 4.78 is 0. The first-order chi connectivity index (χ1) is 11.7. The average Bonchev–Trinajstić information content (AvgIpc) is 2.62. The largest absolute Gasteiger partial charge is 0.366 e. The lowest BCUT2D eigenvalue weighted by Gasteiger charge is -2.23. The molecule has 0 radical (unpaired) electrons. The molecular weight excluding hydrogens is 300 g/mol. The van der Waals surface area contributed by atoms with Crippen LogP contribution in [0.2, 0.25) is 0 Å². The third-order valence-electron chi connectivity index (χ3n) is 4.81. The molecule has 4 heteroatoms. The van der Waals surface area contributed by atoms with Crippen LogP contribution in [0, 0.1) is 0 Å². The lowest BCUT2D eigenvalue weighted by atomic mass is 10.1. The maximum atomic E-state index is 12.8. The van der Waals surface area contributed by atoms with Crippen LogP contribution in [0.25, 0.3) is 0 Å². The van der Waals surface area contributed by atoms with Gasteiger partial charge in [0.25, 0.3) is 5.91 Å². The Labute approximate surface area is 145 Å². The summed E-state index contributed by atoms with van der Waals surface area (Å²) in [4.78, 5) is 25.9. The van der Waals surface area contributed by atoms with E-state index in [0.29, 0.717) is 11.1 Å². The molecule has 0 aromatic heterocycles. The van der Waals surface area contributed by atoms with E-state index in [1.165, 1.54) is 51.4 Å². The molecule has 1 aromatic rings. The van der Waals surface area contributed by atoms with Gasteiger partial charge in [-0.2, -0.15) is 0 Å². The Hall–Kier alpha value is -1.84. The van der Waals surface area contributed by atoms with Crippen LogP contribution in [0.15, 0.2) is 24.3 Å². The molecule has 24 heavy (non-hydrogen) atoms. The second-order valence-corrected chi connectivity index (χ2v) is 6.77. The number of rotatable bonds is 2. The van der Waals surface area contributed by atoms with Crippen LogP contribution >= 0.6 is 0 Å². The molecule has 0 unspecified atom stereocenters. The number of nitrogens with zero attached hydrogens (tertiary/aromatic N) is 1. The van der Waals surface area contributed by atoms with E-state index in [-0.39, 0.29) is 5.91 Å². The second kappa shape index (κ2) is 10.1. The highest BCUT2D eigenvalue weighted by Gasteiger charge is 2.15. The summed E-state index contributed by atoms with van der Waals surface area (Å²) in [5.74, 6) is -0.391. The van der Waals surface area contributed by atoms with Crippen LogP contribution in [0.3, 0.4) is 0 Å². The van der Waals surface area contributed by atoms with Gasteiger partial charge in [0.15, 0.2) is 0 Å². The van der Waals surface area contributed by atoms with Crippen molar-refractivity contribution in [1.82, 2.24) is 4.90 Å². The number of nitrogens with two attached hydrogens (primary N) is 1. The molecule has 0 atom stereocenters. The molecule has 1 aliphatic heterocycles. The maximum Gasteiger partial charge on any atom is 0.253 e. The molecule has 2 rings (SSSR count). The molecule has 0 saturated carbocycles. The summed E-state index contributed by atoms with van der Waals surface area (Å²) in [5, 5.41) is 0. The minimum Gasteiger partial charge on any atom is -0.366 e. The van der Waals surface area contributed by atoms with Crippen molar-refractivity contribution in [2.45, 2.75) is 64.2 Å². The third-order valence-corrected chi connectivity index (χ3v) is 4.81. The Bertz CT molecular complexity index is 511. The van der Waals surface area contributed by atoms with E-state index >= 15 is 0 Å². The predicted octanol–water partition coefficient (Wildman–Crippen LogP) is 4.14. The number of carbonyl (C=O) groups is 2. The van der Waals surface area contributed by atoms with E-state index in [2.05, 4.69) is 0 Å². The minimum atomic E-state index is -0.462. The van der Waals surface area contributed by atoms with Crippen LogP contribution in [0.5, 0.6) is 0 Å². The highest BCUT2D eigenvalue weighted by Crippen LogP contribution is 2.15. The average molecular weight is 330 g/mol. The molecule has 0 spiro atoms. The fourth-order valence-corrected chi connectivity index (χ4v) is 3.29. The summed E-state index contributed by atoms with van der Waals surface area (Å²) in [6.07, 6.45) is 12.4. The number of carbonyl (C=O) groups excluding carboxylic acids is 2.